The number of anilines is 1. The Morgan fingerprint density at radius 2 is 1.56 bits per heavy atom. The van der Waals surface area contributed by atoms with Crippen molar-refractivity contribution in [3.8, 4) is 0 Å². The summed E-state index contributed by atoms with van der Waals surface area (Å²) < 4.78 is 0. The van der Waals surface area contributed by atoms with Crippen LogP contribution < -0.4 is 5.32 Å². The number of carbonyl (C=O) groups is 2. The zero-order valence-electron chi connectivity index (χ0n) is 13.9. The SMILES string of the molecule is O=C(CCC(=O)c1ccccc1)Nc1ccc2c3c(cccc13)CC2. The number of ketones is 1. The average Bonchev–Trinajstić information content (AvgIpc) is 3.07. The highest BCUT2D eigenvalue weighted by atomic mass is 16.2. The average molecular weight is 329 g/mol. The molecule has 3 nitrogen and oxygen atoms in total. The molecule has 0 saturated carbocycles. The second-order valence-electron chi connectivity index (χ2n) is 6.45. The van der Waals surface area contributed by atoms with Crippen LogP contribution in [0.4, 0.5) is 5.69 Å². The van der Waals surface area contributed by atoms with Gasteiger partial charge >= 0.3 is 0 Å². The van der Waals surface area contributed by atoms with Crippen LogP contribution in [0.5, 0.6) is 0 Å². The molecular formula is C22H19NO2. The van der Waals surface area contributed by atoms with E-state index >= 15 is 0 Å². The maximum Gasteiger partial charge on any atom is 0.224 e. The first-order valence-corrected chi connectivity index (χ1v) is 8.64. The van der Waals surface area contributed by atoms with Crippen molar-refractivity contribution < 1.29 is 9.59 Å². The molecule has 0 aromatic heterocycles. The lowest BCUT2D eigenvalue weighted by atomic mass is 10.0. The van der Waals surface area contributed by atoms with Gasteiger partial charge in [-0.1, -0.05) is 54.6 Å². The second kappa shape index (κ2) is 6.52. The highest BCUT2D eigenvalue weighted by Crippen LogP contribution is 2.35. The summed E-state index contributed by atoms with van der Waals surface area (Å²) in [7, 11) is 0. The van der Waals surface area contributed by atoms with Crippen molar-refractivity contribution in [3.05, 3.63) is 77.4 Å². The standard InChI is InChI=1S/C22H19NO2/c24-20(15-5-2-1-3-6-15)13-14-21(25)23-19-12-11-17-10-9-16-7-4-8-18(19)22(16)17/h1-8,11-12H,9-10,13-14H2,(H,23,25). The van der Waals surface area contributed by atoms with Crippen molar-refractivity contribution in [2.45, 2.75) is 25.7 Å². The van der Waals surface area contributed by atoms with Crippen molar-refractivity contribution in [1.29, 1.82) is 0 Å². The number of rotatable bonds is 5. The Hall–Kier alpha value is -2.94. The highest BCUT2D eigenvalue weighted by Gasteiger charge is 2.17. The molecule has 25 heavy (non-hydrogen) atoms. The normalized spacial score (nSPS) is 12.3. The number of nitrogens with one attached hydrogen (secondary N) is 1. The van der Waals surface area contributed by atoms with E-state index in [2.05, 4.69) is 23.5 Å². The number of amides is 1. The summed E-state index contributed by atoms with van der Waals surface area (Å²) in [5.74, 6) is -0.126. The summed E-state index contributed by atoms with van der Waals surface area (Å²) in [6.45, 7) is 0. The van der Waals surface area contributed by atoms with Crippen molar-refractivity contribution in [2.24, 2.45) is 0 Å². The fourth-order valence-corrected chi connectivity index (χ4v) is 3.56. The lowest BCUT2D eigenvalue weighted by Crippen LogP contribution is -2.13. The first-order chi connectivity index (χ1) is 12.2. The van der Waals surface area contributed by atoms with E-state index < -0.39 is 0 Å². The number of hydrogen-bond donors (Lipinski definition) is 1. The van der Waals surface area contributed by atoms with Crippen molar-refractivity contribution in [3.63, 3.8) is 0 Å². The van der Waals surface area contributed by atoms with Crippen LogP contribution in [-0.4, -0.2) is 11.7 Å². The minimum Gasteiger partial charge on any atom is -0.326 e. The summed E-state index contributed by atoms with van der Waals surface area (Å²) in [5.41, 5.74) is 4.19. The molecular weight excluding hydrogens is 310 g/mol. The van der Waals surface area contributed by atoms with Gasteiger partial charge in [-0.05, 0) is 35.4 Å². The topological polar surface area (TPSA) is 46.2 Å². The molecule has 0 heterocycles. The molecule has 0 atom stereocenters. The Balaban J connectivity index is 1.47. The molecule has 0 bridgehead atoms. The van der Waals surface area contributed by atoms with Crippen LogP contribution in [0.3, 0.4) is 0 Å². The number of benzene rings is 3. The molecule has 0 radical (unpaired) electrons. The molecule has 1 aliphatic carbocycles. The van der Waals surface area contributed by atoms with Gasteiger partial charge in [0.1, 0.15) is 0 Å². The van der Waals surface area contributed by atoms with Gasteiger partial charge in [0.05, 0.1) is 0 Å². The maximum atomic E-state index is 12.3. The third-order valence-corrected chi connectivity index (χ3v) is 4.83. The first-order valence-electron chi connectivity index (χ1n) is 8.64. The molecule has 124 valence electrons. The van der Waals surface area contributed by atoms with E-state index in [4.69, 9.17) is 0 Å². The number of aryl methyl sites for hydroxylation is 2. The predicted octanol–water partition coefficient (Wildman–Crippen LogP) is 4.54. The van der Waals surface area contributed by atoms with Crippen LogP contribution in [-0.2, 0) is 17.6 Å². The van der Waals surface area contributed by atoms with Crippen LogP contribution in [0.1, 0.15) is 34.3 Å². The lowest BCUT2D eigenvalue weighted by Gasteiger charge is -2.10. The van der Waals surface area contributed by atoms with E-state index in [-0.39, 0.29) is 24.5 Å². The van der Waals surface area contributed by atoms with Crippen LogP contribution >= 0.6 is 0 Å². The number of Topliss-reactive ketones (excluding diaryl/α,β-unsaturated/α-hetero) is 1. The first kappa shape index (κ1) is 15.6. The Bertz CT molecular complexity index is 950. The zero-order valence-corrected chi connectivity index (χ0v) is 13.9. The van der Waals surface area contributed by atoms with Gasteiger partial charge in [0.2, 0.25) is 5.91 Å². The Kier molecular flexibility index (Phi) is 4.06. The lowest BCUT2D eigenvalue weighted by molar-refractivity contribution is -0.116. The van der Waals surface area contributed by atoms with E-state index in [0.717, 1.165) is 23.9 Å². The number of hydrogen-bond acceptors (Lipinski definition) is 2. The maximum absolute atomic E-state index is 12.3. The van der Waals surface area contributed by atoms with Crippen molar-refractivity contribution in [1.82, 2.24) is 0 Å². The monoisotopic (exact) mass is 329 g/mol. The molecule has 3 heteroatoms. The Labute approximate surface area is 146 Å². The zero-order chi connectivity index (χ0) is 17.2. The molecule has 4 rings (SSSR count). The highest BCUT2D eigenvalue weighted by molar-refractivity contribution is 6.06. The summed E-state index contributed by atoms with van der Waals surface area (Å²) in [4.78, 5) is 24.4. The van der Waals surface area contributed by atoms with Crippen molar-refractivity contribution in [2.75, 3.05) is 5.32 Å². The van der Waals surface area contributed by atoms with Crippen LogP contribution in [0.2, 0.25) is 0 Å². The van der Waals surface area contributed by atoms with Gasteiger partial charge in [-0.15, -0.1) is 0 Å². The van der Waals surface area contributed by atoms with Crippen LogP contribution in [0, 0.1) is 0 Å². The summed E-state index contributed by atoms with van der Waals surface area (Å²) >= 11 is 0. The van der Waals surface area contributed by atoms with Crippen LogP contribution in [0.15, 0.2) is 60.7 Å². The third kappa shape index (κ3) is 3.05. The fraction of sp³-hybridized carbons (Fsp3) is 0.182. The van der Waals surface area contributed by atoms with Gasteiger partial charge in [0, 0.05) is 29.5 Å². The van der Waals surface area contributed by atoms with E-state index in [1.54, 1.807) is 12.1 Å². The molecule has 0 saturated heterocycles. The number of carbonyl (C=O) groups excluding carboxylic acids is 2. The largest absolute Gasteiger partial charge is 0.326 e. The minimum absolute atomic E-state index is 0.00356. The smallest absolute Gasteiger partial charge is 0.224 e. The second-order valence-corrected chi connectivity index (χ2v) is 6.45. The minimum atomic E-state index is -0.122. The van der Waals surface area contributed by atoms with E-state index in [1.165, 1.54) is 16.5 Å². The molecule has 3 aromatic rings. The molecule has 0 spiro atoms. The summed E-state index contributed by atoms with van der Waals surface area (Å²) in [5, 5.41) is 5.35. The predicted molar refractivity (Wildman–Crippen MR) is 100.0 cm³/mol. The van der Waals surface area contributed by atoms with E-state index in [9.17, 15) is 9.59 Å². The van der Waals surface area contributed by atoms with Gasteiger partial charge in [-0.25, -0.2) is 0 Å². The molecule has 3 aromatic carbocycles. The Morgan fingerprint density at radius 1 is 0.800 bits per heavy atom. The quantitative estimate of drug-likeness (QED) is 0.699. The third-order valence-electron chi connectivity index (χ3n) is 4.83. The van der Waals surface area contributed by atoms with Gasteiger partial charge in [-0.3, -0.25) is 9.59 Å². The fourth-order valence-electron chi connectivity index (χ4n) is 3.56. The molecule has 1 aliphatic rings. The molecule has 0 aliphatic heterocycles. The van der Waals surface area contributed by atoms with Gasteiger partial charge in [-0.2, -0.15) is 0 Å². The summed E-state index contributed by atoms with van der Waals surface area (Å²) in [6.07, 6.45) is 2.54. The Morgan fingerprint density at radius 3 is 2.36 bits per heavy atom. The van der Waals surface area contributed by atoms with Gasteiger partial charge in [0.15, 0.2) is 5.78 Å². The van der Waals surface area contributed by atoms with Gasteiger partial charge < -0.3 is 5.32 Å². The van der Waals surface area contributed by atoms with E-state index in [0.29, 0.717) is 5.56 Å². The van der Waals surface area contributed by atoms with E-state index in [1.807, 2.05) is 30.3 Å². The van der Waals surface area contributed by atoms with Gasteiger partial charge in [0.25, 0.3) is 0 Å². The summed E-state index contributed by atoms with van der Waals surface area (Å²) in [6, 6.07) is 19.4. The molecule has 1 amide bonds. The van der Waals surface area contributed by atoms with Crippen molar-refractivity contribution >= 4 is 28.2 Å². The molecule has 0 unspecified atom stereocenters. The molecule has 0 fully saturated rings. The van der Waals surface area contributed by atoms with Crippen LogP contribution in [0.25, 0.3) is 10.8 Å². The molecule has 1 N–H and O–H groups in total.